The molecule has 3 aromatic rings. The number of likely N-dealkylation sites (tertiary alicyclic amines) is 1. The summed E-state index contributed by atoms with van der Waals surface area (Å²) >= 11 is 0. The number of phenols is 1. The Hall–Kier alpha value is -3.14. The van der Waals surface area contributed by atoms with Crippen LogP contribution < -0.4 is 19.9 Å². The lowest BCUT2D eigenvalue weighted by atomic mass is 10.0. The fourth-order valence-corrected chi connectivity index (χ4v) is 7.14. The van der Waals surface area contributed by atoms with Crippen LogP contribution in [-0.4, -0.2) is 89.6 Å². The van der Waals surface area contributed by atoms with E-state index in [0.717, 1.165) is 73.4 Å². The first-order valence-corrected chi connectivity index (χ1v) is 14.4. The molecule has 7 rings (SSSR count). The van der Waals surface area contributed by atoms with Gasteiger partial charge in [0.1, 0.15) is 18.2 Å². The Morgan fingerprint density at radius 1 is 1.10 bits per heavy atom. The predicted molar refractivity (Wildman–Crippen MR) is 152 cm³/mol. The van der Waals surface area contributed by atoms with Crippen molar-refractivity contribution in [2.45, 2.75) is 50.4 Å². The number of aliphatic hydroxyl groups is 1. The first-order chi connectivity index (χ1) is 19.1. The van der Waals surface area contributed by atoms with Crippen LogP contribution in [0.15, 0.2) is 36.4 Å². The van der Waals surface area contributed by atoms with Gasteiger partial charge in [0.2, 0.25) is 0 Å². The first kappa shape index (κ1) is 24.9. The molecule has 0 saturated carbocycles. The summed E-state index contributed by atoms with van der Waals surface area (Å²) < 4.78 is 6.30. The van der Waals surface area contributed by atoms with Gasteiger partial charge >= 0.3 is 6.01 Å². The quantitative estimate of drug-likeness (QED) is 0.444. The molecule has 9 heteroatoms. The van der Waals surface area contributed by atoms with Crippen LogP contribution in [0.25, 0.3) is 10.8 Å². The minimum absolute atomic E-state index is 0.222. The van der Waals surface area contributed by atoms with E-state index in [-0.39, 0.29) is 18.4 Å². The second-order valence-corrected chi connectivity index (χ2v) is 11.8. The standard InChI is InChI=1S/C30H38N6O3/c1-34-9-4-6-22(34)18-39-30-32-27-16-35(28-13-23(38)12-19-5-2-3-7-24(19)28)10-8-25(27)29(33-30)36-14-21-11-20(17-37)26(15-36)31-21/h2-3,5,7,12-13,20-22,26,31,37-38H,4,6,8-11,14-18H2,1H3/t20?,21?,22-,26?/m0/s1. The van der Waals surface area contributed by atoms with Crippen molar-refractivity contribution >= 4 is 22.3 Å². The summed E-state index contributed by atoms with van der Waals surface area (Å²) in [7, 11) is 2.16. The molecule has 9 nitrogen and oxygen atoms in total. The maximum absolute atomic E-state index is 10.5. The Morgan fingerprint density at radius 2 is 2.00 bits per heavy atom. The van der Waals surface area contributed by atoms with Crippen molar-refractivity contribution < 1.29 is 14.9 Å². The predicted octanol–water partition coefficient (Wildman–Crippen LogP) is 2.53. The van der Waals surface area contributed by atoms with Gasteiger partial charge in [0.25, 0.3) is 0 Å². The lowest BCUT2D eigenvalue weighted by Crippen LogP contribution is -2.53. The van der Waals surface area contributed by atoms with Crippen molar-refractivity contribution in [3.63, 3.8) is 0 Å². The minimum Gasteiger partial charge on any atom is -0.508 e. The van der Waals surface area contributed by atoms with E-state index < -0.39 is 0 Å². The van der Waals surface area contributed by atoms with Crippen molar-refractivity contribution in [1.29, 1.82) is 0 Å². The molecule has 2 aromatic carbocycles. The number of piperazine rings is 1. The molecule has 4 atom stereocenters. The van der Waals surface area contributed by atoms with Gasteiger partial charge in [0, 0.05) is 73.0 Å². The number of hydrogen-bond donors (Lipinski definition) is 3. The molecule has 3 unspecified atom stereocenters. The molecule has 2 bridgehead atoms. The van der Waals surface area contributed by atoms with Crippen LogP contribution in [-0.2, 0) is 13.0 Å². The van der Waals surface area contributed by atoms with Crippen molar-refractivity contribution in [3.05, 3.63) is 47.7 Å². The minimum atomic E-state index is 0.222. The summed E-state index contributed by atoms with van der Waals surface area (Å²) in [6.07, 6.45) is 4.16. The lowest BCUT2D eigenvalue weighted by molar-refractivity contribution is 0.187. The molecular weight excluding hydrogens is 492 g/mol. The molecule has 0 aliphatic carbocycles. The zero-order valence-electron chi connectivity index (χ0n) is 22.6. The van der Waals surface area contributed by atoms with Crippen LogP contribution in [0.5, 0.6) is 11.8 Å². The number of aliphatic hydroxyl groups excluding tert-OH is 1. The summed E-state index contributed by atoms with van der Waals surface area (Å²) in [6.45, 7) is 5.08. The number of anilines is 2. The third-order valence-electron chi connectivity index (χ3n) is 9.26. The molecular formula is C30H38N6O3. The fourth-order valence-electron chi connectivity index (χ4n) is 7.14. The maximum Gasteiger partial charge on any atom is 0.318 e. The van der Waals surface area contributed by atoms with Crippen molar-refractivity contribution in [2.75, 3.05) is 56.2 Å². The van der Waals surface area contributed by atoms with E-state index in [4.69, 9.17) is 14.7 Å². The van der Waals surface area contributed by atoms with Crippen LogP contribution in [0.1, 0.15) is 30.5 Å². The van der Waals surface area contributed by atoms with Gasteiger partial charge in [0.15, 0.2) is 0 Å². The Balaban J connectivity index is 1.23. The molecule has 39 heavy (non-hydrogen) atoms. The number of aromatic hydroxyl groups is 1. The molecule has 206 valence electrons. The second kappa shape index (κ2) is 10.1. The molecule has 3 fully saturated rings. The average molecular weight is 531 g/mol. The van der Waals surface area contributed by atoms with Gasteiger partial charge in [0.05, 0.1) is 12.2 Å². The summed E-state index contributed by atoms with van der Waals surface area (Å²) in [4.78, 5) is 17.1. The number of hydrogen-bond acceptors (Lipinski definition) is 9. The Labute approximate surface area is 229 Å². The lowest BCUT2D eigenvalue weighted by Gasteiger charge is -2.38. The van der Waals surface area contributed by atoms with Gasteiger partial charge in [-0.3, -0.25) is 0 Å². The number of aromatic nitrogens is 2. The molecule has 0 radical (unpaired) electrons. The number of benzene rings is 2. The van der Waals surface area contributed by atoms with Gasteiger partial charge in [-0.05, 0) is 50.7 Å². The number of nitrogens with zero attached hydrogens (tertiary/aromatic N) is 5. The van der Waals surface area contributed by atoms with E-state index >= 15 is 0 Å². The van der Waals surface area contributed by atoms with Gasteiger partial charge in [-0.25, -0.2) is 0 Å². The zero-order valence-corrected chi connectivity index (χ0v) is 22.6. The van der Waals surface area contributed by atoms with Gasteiger partial charge in [-0.1, -0.05) is 24.3 Å². The van der Waals surface area contributed by atoms with E-state index in [9.17, 15) is 10.2 Å². The van der Waals surface area contributed by atoms with Gasteiger partial charge in [-0.2, -0.15) is 9.97 Å². The van der Waals surface area contributed by atoms with Gasteiger partial charge < -0.3 is 35.0 Å². The van der Waals surface area contributed by atoms with E-state index in [2.05, 4.69) is 33.1 Å². The van der Waals surface area contributed by atoms with E-state index in [0.29, 0.717) is 37.2 Å². The SMILES string of the molecule is CN1CCC[C@H]1COc1nc2c(c(N3CC4CC(CO)C(C3)N4)n1)CCN(c1cc(O)cc3ccccc13)C2. The van der Waals surface area contributed by atoms with Crippen molar-refractivity contribution in [2.24, 2.45) is 5.92 Å². The fraction of sp³-hybridized carbons (Fsp3) is 0.533. The van der Waals surface area contributed by atoms with Crippen LogP contribution in [0.3, 0.4) is 0 Å². The molecule has 0 amide bonds. The third kappa shape index (κ3) is 4.66. The number of ether oxygens (including phenoxy) is 1. The molecule has 1 aromatic heterocycles. The number of phenolic OH excluding ortho intramolecular Hbond substituents is 1. The average Bonchev–Trinajstić information content (AvgIpc) is 3.50. The van der Waals surface area contributed by atoms with Crippen LogP contribution in [0, 0.1) is 5.92 Å². The van der Waals surface area contributed by atoms with Crippen LogP contribution in [0.2, 0.25) is 0 Å². The summed E-state index contributed by atoms with van der Waals surface area (Å²) in [5, 5.41) is 26.2. The molecule has 3 saturated heterocycles. The normalized spacial score (nSPS) is 26.8. The zero-order chi connectivity index (χ0) is 26.5. The van der Waals surface area contributed by atoms with Crippen LogP contribution in [0.4, 0.5) is 11.5 Å². The van der Waals surface area contributed by atoms with E-state index in [1.54, 1.807) is 0 Å². The Bertz CT molecular complexity index is 1370. The molecule has 0 spiro atoms. The highest BCUT2D eigenvalue weighted by Crippen LogP contribution is 2.37. The van der Waals surface area contributed by atoms with E-state index in [1.807, 2.05) is 30.3 Å². The Morgan fingerprint density at radius 3 is 2.85 bits per heavy atom. The van der Waals surface area contributed by atoms with Crippen LogP contribution >= 0.6 is 0 Å². The maximum atomic E-state index is 10.5. The topological polar surface area (TPSA) is 97.2 Å². The second-order valence-electron chi connectivity index (χ2n) is 11.8. The summed E-state index contributed by atoms with van der Waals surface area (Å²) in [5.74, 6) is 1.56. The summed E-state index contributed by atoms with van der Waals surface area (Å²) in [6, 6.07) is 13.4. The summed E-state index contributed by atoms with van der Waals surface area (Å²) in [5.41, 5.74) is 3.22. The molecule has 4 aliphatic rings. The van der Waals surface area contributed by atoms with Gasteiger partial charge in [-0.15, -0.1) is 0 Å². The molecule has 3 N–H and O–H groups in total. The van der Waals surface area contributed by atoms with Crippen molar-refractivity contribution in [3.8, 4) is 11.8 Å². The monoisotopic (exact) mass is 530 g/mol. The first-order valence-electron chi connectivity index (χ1n) is 14.4. The molecule has 5 heterocycles. The number of fused-ring (bicyclic) bond motifs is 4. The highest BCUT2D eigenvalue weighted by molar-refractivity contribution is 5.95. The largest absolute Gasteiger partial charge is 0.508 e. The highest BCUT2D eigenvalue weighted by atomic mass is 16.5. The van der Waals surface area contributed by atoms with E-state index in [1.165, 1.54) is 12.0 Å². The smallest absolute Gasteiger partial charge is 0.318 e. The Kier molecular flexibility index (Phi) is 6.45. The number of rotatable bonds is 6. The third-order valence-corrected chi connectivity index (χ3v) is 9.26. The van der Waals surface area contributed by atoms with Crippen molar-refractivity contribution in [1.82, 2.24) is 20.2 Å². The highest BCUT2D eigenvalue weighted by Gasteiger charge is 2.41. The molecule has 4 aliphatic heterocycles. The number of likely N-dealkylation sites (N-methyl/N-ethyl adjacent to an activating group) is 1. The number of nitrogens with one attached hydrogen (secondary N) is 1.